The van der Waals surface area contributed by atoms with E-state index in [0.717, 1.165) is 11.3 Å². The van der Waals surface area contributed by atoms with E-state index >= 15 is 0 Å². The van der Waals surface area contributed by atoms with E-state index in [1.165, 1.54) is 24.3 Å². The van der Waals surface area contributed by atoms with Crippen LogP contribution in [0.3, 0.4) is 0 Å². The second-order valence-corrected chi connectivity index (χ2v) is 7.72. The predicted octanol–water partition coefficient (Wildman–Crippen LogP) is 2.93. The number of thiophene rings is 1. The van der Waals surface area contributed by atoms with Gasteiger partial charge in [-0.1, -0.05) is 19.9 Å². The molecule has 0 radical (unpaired) electrons. The summed E-state index contributed by atoms with van der Waals surface area (Å²) in [6.07, 6.45) is 0.791. The van der Waals surface area contributed by atoms with Gasteiger partial charge in [-0.05, 0) is 42.1 Å². The molecule has 1 aromatic heterocycles. The lowest BCUT2D eigenvalue weighted by molar-refractivity contribution is 0.0936. The van der Waals surface area contributed by atoms with Crippen LogP contribution in [-0.4, -0.2) is 20.9 Å². The molecule has 23 heavy (non-hydrogen) atoms. The molecule has 2 N–H and O–H groups in total. The molecule has 0 aliphatic heterocycles. The molecular formula is C16H20N2O3S2. The molecule has 1 heterocycles. The maximum Gasteiger partial charge on any atom is 0.251 e. The molecule has 0 saturated heterocycles. The van der Waals surface area contributed by atoms with Crippen LogP contribution in [0.2, 0.25) is 0 Å². The molecule has 1 unspecified atom stereocenters. The minimum atomic E-state index is -3.50. The molecule has 1 aromatic carbocycles. The zero-order valence-electron chi connectivity index (χ0n) is 13.1. The number of carbonyl (C=O) groups excluding carboxylic acids is 1. The van der Waals surface area contributed by atoms with Crippen LogP contribution in [0.15, 0.2) is 46.7 Å². The summed E-state index contributed by atoms with van der Waals surface area (Å²) in [7, 11) is -3.50. The van der Waals surface area contributed by atoms with Crippen molar-refractivity contribution in [2.24, 2.45) is 0 Å². The highest BCUT2D eigenvalue weighted by Gasteiger charge is 2.17. The number of amides is 1. The Hall–Kier alpha value is -1.70. The first-order chi connectivity index (χ1) is 11.0. The van der Waals surface area contributed by atoms with Crippen LogP contribution >= 0.6 is 11.3 Å². The van der Waals surface area contributed by atoms with Crippen LogP contribution in [0.5, 0.6) is 0 Å². The number of rotatable bonds is 7. The lowest BCUT2D eigenvalue weighted by Gasteiger charge is -2.15. The highest BCUT2D eigenvalue weighted by Crippen LogP contribution is 2.22. The maximum atomic E-state index is 12.3. The van der Waals surface area contributed by atoms with Crippen molar-refractivity contribution in [3.8, 4) is 0 Å². The van der Waals surface area contributed by atoms with Gasteiger partial charge in [0.1, 0.15) is 0 Å². The average molecular weight is 352 g/mol. The number of benzene rings is 1. The van der Waals surface area contributed by atoms with Crippen LogP contribution in [0.4, 0.5) is 0 Å². The maximum absolute atomic E-state index is 12.3. The third-order valence-corrected chi connectivity index (χ3v) is 5.91. The van der Waals surface area contributed by atoms with Gasteiger partial charge in [-0.2, -0.15) is 0 Å². The molecule has 2 rings (SSSR count). The Morgan fingerprint density at radius 1 is 1.17 bits per heavy atom. The highest BCUT2D eigenvalue weighted by molar-refractivity contribution is 7.89. The van der Waals surface area contributed by atoms with Gasteiger partial charge in [0.05, 0.1) is 10.9 Å². The molecule has 0 fully saturated rings. The molecule has 5 nitrogen and oxygen atoms in total. The fourth-order valence-electron chi connectivity index (χ4n) is 2.16. The average Bonchev–Trinajstić information content (AvgIpc) is 3.06. The standard InChI is InChI=1S/C16H20N2O3S2/c1-3-14(15-6-5-11-22-15)18-16(19)12-7-9-13(10-8-12)23(20,21)17-4-2/h5-11,14,17H,3-4H2,1-2H3,(H,18,19). The topological polar surface area (TPSA) is 75.3 Å². The van der Waals surface area contributed by atoms with Crippen molar-refractivity contribution in [1.29, 1.82) is 0 Å². The van der Waals surface area contributed by atoms with E-state index in [4.69, 9.17) is 0 Å². The van der Waals surface area contributed by atoms with Gasteiger partial charge in [0, 0.05) is 17.0 Å². The molecule has 2 aromatic rings. The van der Waals surface area contributed by atoms with Crippen molar-refractivity contribution in [2.45, 2.75) is 31.2 Å². The lowest BCUT2D eigenvalue weighted by Crippen LogP contribution is -2.28. The van der Waals surface area contributed by atoms with Gasteiger partial charge in [0.2, 0.25) is 10.0 Å². The molecule has 1 atom stereocenters. The Balaban J connectivity index is 2.11. The van der Waals surface area contributed by atoms with Crippen LogP contribution in [0, 0.1) is 0 Å². The zero-order chi connectivity index (χ0) is 16.9. The fraction of sp³-hybridized carbons (Fsp3) is 0.312. The highest BCUT2D eigenvalue weighted by atomic mass is 32.2. The molecule has 0 aliphatic carbocycles. The summed E-state index contributed by atoms with van der Waals surface area (Å²) in [6, 6.07) is 9.85. The van der Waals surface area contributed by atoms with Crippen molar-refractivity contribution in [3.05, 3.63) is 52.2 Å². The molecule has 124 valence electrons. The minimum absolute atomic E-state index is 0.0346. The summed E-state index contributed by atoms with van der Waals surface area (Å²) < 4.78 is 26.2. The molecule has 7 heteroatoms. The van der Waals surface area contributed by atoms with Gasteiger partial charge in [-0.15, -0.1) is 11.3 Å². The van der Waals surface area contributed by atoms with Crippen molar-refractivity contribution < 1.29 is 13.2 Å². The van der Waals surface area contributed by atoms with Gasteiger partial charge in [0.25, 0.3) is 5.91 Å². The van der Waals surface area contributed by atoms with Gasteiger partial charge >= 0.3 is 0 Å². The van der Waals surface area contributed by atoms with Crippen LogP contribution < -0.4 is 10.0 Å². The zero-order valence-corrected chi connectivity index (χ0v) is 14.7. The first kappa shape index (κ1) is 17.7. The third kappa shape index (κ3) is 4.40. The van der Waals surface area contributed by atoms with E-state index in [9.17, 15) is 13.2 Å². The van der Waals surface area contributed by atoms with Crippen molar-refractivity contribution >= 4 is 27.3 Å². The van der Waals surface area contributed by atoms with Gasteiger partial charge in [-0.25, -0.2) is 13.1 Å². The van der Waals surface area contributed by atoms with Crippen molar-refractivity contribution in [1.82, 2.24) is 10.0 Å². The van der Waals surface area contributed by atoms with Gasteiger partial charge < -0.3 is 5.32 Å². The first-order valence-corrected chi connectivity index (χ1v) is 9.78. The van der Waals surface area contributed by atoms with Crippen LogP contribution in [0.1, 0.15) is 41.5 Å². The summed E-state index contributed by atoms with van der Waals surface area (Å²) in [4.78, 5) is 13.6. The van der Waals surface area contributed by atoms with Gasteiger partial charge in [0.15, 0.2) is 0 Å². The number of nitrogens with one attached hydrogen (secondary N) is 2. The Labute approximate surface area is 140 Å². The molecule has 0 aliphatic rings. The van der Waals surface area contributed by atoms with Crippen LogP contribution in [0.25, 0.3) is 0 Å². The summed E-state index contributed by atoms with van der Waals surface area (Å²) in [6.45, 7) is 4.05. The van der Waals surface area contributed by atoms with Crippen molar-refractivity contribution in [2.75, 3.05) is 6.54 Å². The molecule has 0 saturated carbocycles. The third-order valence-electron chi connectivity index (χ3n) is 3.36. The second-order valence-electron chi connectivity index (χ2n) is 4.98. The smallest absolute Gasteiger partial charge is 0.251 e. The minimum Gasteiger partial charge on any atom is -0.344 e. The molecule has 0 spiro atoms. The number of hydrogen-bond donors (Lipinski definition) is 2. The monoisotopic (exact) mass is 352 g/mol. The van der Waals surface area contributed by atoms with E-state index in [2.05, 4.69) is 10.0 Å². The second kappa shape index (κ2) is 7.72. The normalized spacial score (nSPS) is 12.8. The molecular weight excluding hydrogens is 332 g/mol. The van der Waals surface area contributed by atoms with E-state index in [-0.39, 0.29) is 16.8 Å². The Bertz CT molecular complexity index is 738. The van der Waals surface area contributed by atoms with E-state index in [1.807, 2.05) is 24.4 Å². The van der Waals surface area contributed by atoms with Crippen LogP contribution in [-0.2, 0) is 10.0 Å². The Kier molecular flexibility index (Phi) is 5.92. The summed E-state index contributed by atoms with van der Waals surface area (Å²) in [5.41, 5.74) is 0.440. The number of carbonyl (C=O) groups is 1. The lowest BCUT2D eigenvalue weighted by atomic mass is 10.1. The number of sulfonamides is 1. The summed E-state index contributed by atoms with van der Waals surface area (Å²) >= 11 is 1.60. The van der Waals surface area contributed by atoms with E-state index < -0.39 is 10.0 Å². The van der Waals surface area contributed by atoms with E-state index in [1.54, 1.807) is 18.3 Å². The van der Waals surface area contributed by atoms with E-state index in [0.29, 0.717) is 12.1 Å². The largest absolute Gasteiger partial charge is 0.344 e. The Morgan fingerprint density at radius 2 is 1.87 bits per heavy atom. The van der Waals surface area contributed by atoms with Crippen molar-refractivity contribution in [3.63, 3.8) is 0 Å². The molecule has 0 bridgehead atoms. The summed E-state index contributed by atoms with van der Waals surface area (Å²) in [5.74, 6) is -0.211. The van der Waals surface area contributed by atoms with Gasteiger partial charge in [-0.3, -0.25) is 4.79 Å². The molecule has 1 amide bonds. The quantitative estimate of drug-likeness (QED) is 0.804. The fourth-order valence-corrected chi connectivity index (χ4v) is 4.07. The first-order valence-electron chi connectivity index (χ1n) is 7.42. The Morgan fingerprint density at radius 3 is 2.39 bits per heavy atom. The summed E-state index contributed by atoms with van der Waals surface area (Å²) in [5, 5.41) is 4.95. The number of hydrogen-bond acceptors (Lipinski definition) is 4. The SMILES string of the molecule is CCNS(=O)(=O)c1ccc(C(=O)NC(CC)c2cccs2)cc1. The predicted molar refractivity (Wildman–Crippen MR) is 92.1 cm³/mol.